The highest BCUT2D eigenvalue weighted by molar-refractivity contribution is 6.30. The van der Waals surface area contributed by atoms with Crippen LogP contribution in [0, 0.1) is 10.1 Å². The van der Waals surface area contributed by atoms with E-state index < -0.39 is 10.9 Å². The van der Waals surface area contributed by atoms with Crippen LogP contribution in [-0.2, 0) is 9.53 Å². The number of ether oxygens (including phenoxy) is 1. The number of esters is 1. The molecule has 0 aliphatic heterocycles. The summed E-state index contributed by atoms with van der Waals surface area (Å²) < 4.78 is 4.37. The quantitative estimate of drug-likeness (QED) is 0.487. The van der Waals surface area contributed by atoms with Crippen molar-refractivity contribution in [3.8, 4) is 0 Å². The third kappa shape index (κ3) is 3.06. The van der Waals surface area contributed by atoms with Gasteiger partial charge in [0.25, 0.3) is 0 Å². The molecular weight excluding hydrogens is 238 g/mol. The molecule has 0 radical (unpaired) electrons. The number of anilines is 1. The Kier molecular flexibility index (Phi) is 4.01. The van der Waals surface area contributed by atoms with Crippen LogP contribution in [0.15, 0.2) is 12.3 Å². The van der Waals surface area contributed by atoms with Crippen molar-refractivity contribution in [2.24, 2.45) is 0 Å². The summed E-state index contributed by atoms with van der Waals surface area (Å²) in [6.45, 7) is -0.202. The fraction of sp³-hybridized carbons (Fsp3) is 0.250. The number of hydrogen-bond acceptors (Lipinski definition) is 6. The van der Waals surface area contributed by atoms with Crippen molar-refractivity contribution in [2.45, 2.75) is 0 Å². The van der Waals surface area contributed by atoms with E-state index in [2.05, 4.69) is 15.0 Å². The summed E-state index contributed by atoms with van der Waals surface area (Å²) in [7, 11) is 1.22. The Morgan fingerprint density at radius 2 is 2.44 bits per heavy atom. The number of carbonyl (C=O) groups excluding carboxylic acids is 1. The van der Waals surface area contributed by atoms with E-state index in [1.54, 1.807) is 0 Å². The lowest BCUT2D eigenvalue weighted by Gasteiger charge is -2.04. The predicted molar refractivity (Wildman–Crippen MR) is 56.4 cm³/mol. The van der Waals surface area contributed by atoms with Crippen LogP contribution >= 0.6 is 11.6 Å². The van der Waals surface area contributed by atoms with E-state index in [1.165, 1.54) is 13.3 Å². The Balaban J connectivity index is 2.87. The molecule has 0 atom stereocenters. The number of nitrogens with zero attached hydrogens (tertiary/aromatic N) is 2. The second-order valence-electron chi connectivity index (χ2n) is 2.71. The monoisotopic (exact) mass is 245 g/mol. The molecule has 8 heteroatoms. The number of halogens is 1. The molecule has 1 aromatic heterocycles. The number of hydrogen-bond donors (Lipinski definition) is 1. The van der Waals surface area contributed by atoms with Crippen molar-refractivity contribution in [1.82, 2.24) is 4.98 Å². The van der Waals surface area contributed by atoms with Crippen LogP contribution in [0.3, 0.4) is 0 Å². The molecule has 0 aromatic carbocycles. The molecule has 0 aliphatic rings. The van der Waals surface area contributed by atoms with Crippen LogP contribution in [0.1, 0.15) is 0 Å². The molecule has 1 N–H and O–H groups in total. The van der Waals surface area contributed by atoms with E-state index >= 15 is 0 Å². The zero-order valence-electron chi connectivity index (χ0n) is 8.27. The van der Waals surface area contributed by atoms with Crippen LogP contribution in [0.25, 0.3) is 0 Å². The normalized spacial score (nSPS) is 9.62. The summed E-state index contributed by atoms with van der Waals surface area (Å²) in [6, 6.07) is 1.15. The summed E-state index contributed by atoms with van der Waals surface area (Å²) in [5.74, 6) is -0.578. The van der Waals surface area contributed by atoms with Gasteiger partial charge in [-0.05, 0) is 0 Å². The van der Waals surface area contributed by atoms with Gasteiger partial charge in [-0.3, -0.25) is 14.9 Å². The van der Waals surface area contributed by atoms with Crippen molar-refractivity contribution in [2.75, 3.05) is 19.0 Å². The van der Waals surface area contributed by atoms with Gasteiger partial charge < -0.3 is 10.1 Å². The van der Waals surface area contributed by atoms with Crippen LogP contribution in [0.2, 0.25) is 5.02 Å². The standard InChI is InChI=1S/C8H8ClN3O4/c1-16-7(13)4-11-8-6(12(14)15)2-5(9)3-10-8/h2-3H,4H2,1H3,(H,10,11). The first-order valence-electron chi connectivity index (χ1n) is 4.15. The Morgan fingerprint density at radius 3 is 3.00 bits per heavy atom. The summed E-state index contributed by atoms with van der Waals surface area (Å²) >= 11 is 5.56. The van der Waals surface area contributed by atoms with Crippen molar-refractivity contribution in [1.29, 1.82) is 0 Å². The fourth-order valence-corrected chi connectivity index (χ4v) is 1.08. The molecule has 0 fully saturated rings. The molecule has 7 nitrogen and oxygen atoms in total. The highest BCUT2D eigenvalue weighted by Gasteiger charge is 2.16. The number of nitro groups is 1. The zero-order chi connectivity index (χ0) is 12.1. The molecule has 0 aliphatic carbocycles. The Bertz CT molecular complexity index is 424. The van der Waals surface area contributed by atoms with E-state index in [9.17, 15) is 14.9 Å². The zero-order valence-corrected chi connectivity index (χ0v) is 9.02. The topological polar surface area (TPSA) is 94.4 Å². The van der Waals surface area contributed by atoms with E-state index in [0.29, 0.717) is 0 Å². The van der Waals surface area contributed by atoms with E-state index in [0.717, 1.165) is 6.07 Å². The van der Waals surface area contributed by atoms with Gasteiger partial charge in [-0.25, -0.2) is 4.98 Å². The molecule has 0 amide bonds. The number of aromatic nitrogens is 1. The summed E-state index contributed by atoms with van der Waals surface area (Å²) in [5, 5.41) is 13.3. The van der Waals surface area contributed by atoms with E-state index in [4.69, 9.17) is 11.6 Å². The smallest absolute Gasteiger partial charge is 0.325 e. The maximum Gasteiger partial charge on any atom is 0.325 e. The first-order valence-corrected chi connectivity index (χ1v) is 4.53. The Labute approximate surface area is 95.5 Å². The highest BCUT2D eigenvalue weighted by Crippen LogP contribution is 2.24. The largest absolute Gasteiger partial charge is 0.468 e. The number of nitrogens with one attached hydrogen (secondary N) is 1. The van der Waals surface area contributed by atoms with Gasteiger partial charge in [0.15, 0.2) is 0 Å². The summed E-state index contributed by atoms with van der Waals surface area (Å²) in [5.41, 5.74) is -0.295. The van der Waals surface area contributed by atoms with Crippen molar-refractivity contribution in [3.63, 3.8) is 0 Å². The fourth-order valence-electron chi connectivity index (χ4n) is 0.932. The maximum atomic E-state index is 10.8. The third-order valence-electron chi connectivity index (χ3n) is 1.66. The van der Waals surface area contributed by atoms with Crippen molar-refractivity contribution >= 4 is 29.1 Å². The first-order chi connectivity index (χ1) is 7.54. The van der Waals surface area contributed by atoms with E-state index in [-0.39, 0.29) is 23.1 Å². The molecule has 0 bridgehead atoms. The number of methoxy groups -OCH3 is 1. The third-order valence-corrected chi connectivity index (χ3v) is 1.87. The second kappa shape index (κ2) is 5.26. The molecule has 0 saturated heterocycles. The molecule has 1 rings (SSSR count). The average Bonchev–Trinajstić information content (AvgIpc) is 2.26. The molecule has 0 spiro atoms. The molecule has 86 valence electrons. The molecule has 16 heavy (non-hydrogen) atoms. The van der Waals surface area contributed by atoms with Crippen LogP contribution in [-0.4, -0.2) is 29.5 Å². The van der Waals surface area contributed by atoms with Crippen LogP contribution in [0.4, 0.5) is 11.5 Å². The van der Waals surface area contributed by atoms with E-state index in [1.807, 2.05) is 0 Å². The van der Waals surface area contributed by atoms with Gasteiger partial charge in [0, 0.05) is 12.3 Å². The Hall–Kier alpha value is -1.89. The highest BCUT2D eigenvalue weighted by atomic mass is 35.5. The van der Waals surface area contributed by atoms with Crippen LogP contribution < -0.4 is 5.32 Å². The number of rotatable bonds is 4. The second-order valence-corrected chi connectivity index (χ2v) is 3.14. The molecule has 1 heterocycles. The molecular formula is C8H8ClN3O4. The average molecular weight is 246 g/mol. The maximum absolute atomic E-state index is 10.8. The molecule has 0 unspecified atom stereocenters. The van der Waals surface area contributed by atoms with Crippen molar-refractivity contribution < 1.29 is 14.5 Å². The lowest BCUT2D eigenvalue weighted by atomic mass is 10.4. The first kappa shape index (κ1) is 12.2. The van der Waals surface area contributed by atoms with Gasteiger partial charge in [-0.1, -0.05) is 11.6 Å². The lowest BCUT2D eigenvalue weighted by molar-refractivity contribution is -0.384. The predicted octanol–water partition coefficient (Wildman–Crippen LogP) is 1.23. The number of pyridine rings is 1. The number of carbonyl (C=O) groups is 1. The molecule has 1 aromatic rings. The van der Waals surface area contributed by atoms with Gasteiger partial charge in [0.05, 0.1) is 17.1 Å². The van der Waals surface area contributed by atoms with Crippen LogP contribution in [0.5, 0.6) is 0 Å². The van der Waals surface area contributed by atoms with Gasteiger partial charge in [0.1, 0.15) is 6.54 Å². The Morgan fingerprint density at radius 1 is 1.75 bits per heavy atom. The minimum absolute atomic E-state index is 0.0280. The SMILES string of the molecule is COC(=O)CNc1ncc(Cl)cc1[N+](=O)[O-]. The summed E-state index contributed by atoms with van der Waals surface area (Å²) in [4.78, 5) is 24.5. The minimum atomic E-state index is -0.640. The van der Waals surface area contributed by atoms with Gasteiger partial charge >= 0.3 is 11.7 Å². The van der Waals surface area contributed by atoms with Crippen molar-refractivity contribution in [3.05, 3.63) is 27.4 Å². The van der Waals surface area contributed by atoms with Gasteiger partial charge in [-0.15, -0.1) is 0 Å². The molecule has 0 saturated carbocycles. The lowest BCUT2D eigenvalue weighted by Crippen LogP contribution is -2.16. The minimum Gasteiger partial charge on any atom is -0.468 e. The van der Waals surface area contributed by atoms with Gasteiger partial charge in [-0.2, -0.15) is 0 Å². The summed E-state index contributed by atoms with van der Waals surface area (Å²) in [6.07, 6.45) is 1.24. The van der Waals surface area contributed by atoms with Gasteiger partial charge in [0.2, 0.25) is 5.82 Å².